The smallest absolute Gasteiger partial charge is 0.240 e. The Kier molecular flexibility index (Phi) is 6.66. The van der Waals surface area contributed by atoms with Crippen LogP contribution in [0.3, 0.4) is 0 Å². The van der Waals surface area contributed by atoms with Crippen LogP contribution >= 0.6 is 0 Å². The van der Waals surface area contributed by atoms with E-state index in [0.29, 0.717) is 30.2 Å². The van der Waals surface area contributed by atoms with Crippen molar-refractivity contribution < 1.29 is 17.9 Å². The molecule has 0 radical (unpaired) electrons. The van der Waals surface area contributed by atoms with E-state index >= 15 is 0 Å². The molecule has 6 nitrogen and oxygen atoms in total. The van der Waals surface area contributed by atoms with E-state index in [4.69, 9.17) is 15.2 Å². The Bertz CT molecular complexity index is 789. The summed E-state index contributed by atoms with van der Waals surface area (Å²) in [5.41, 5.74) is 7.07. The minimum atomic E-state index is -3.55. The summed E-state index contributed by atoms with van der Waals surface area (Å²) in [6.07, 6.45) is 1.44. The van der Waals surface area contributed by atoms with Crippen LogP contribution in [-0.2, 0) is 16.4 Å². The second-order valence-electron chi connectivity index (χ2n) is 5.55. The summed E-state index contributed by atoms with van der Waals surface area (Å²) in [5.74, 6) is 1.34. The van der Waals surface area contributed by atoms with Crippen molar-refractivity contribution in [1.29, 1.82) is 0 Å². The molecule has 0 aliphatic heterocycles. The molecule has 0 aliphatic rings. The molecule has 2 aromatic carbocycles. The molecule has 0 bridgehead atoms. The lowest BCUT2D eigenvalue weighted by molar-refractivity contribution is 0.294. The number of nitrogens with two attached hydrogens (primary N) is 1. The molecule has 0 saturated carbocycles. The molecule has 0 unspecified atom stereocenters. The van der Waals surface area contributed by atoms with Crippen LogP contribution in [0, 0.1) is 0 Å². The van der Waals surface area contributed by atoms with Gasteiger partial charge in [0.1, 0.15) is 0 Å². The molecule has 0 amide bonds. The van der Waals surface area contributed by atoms with Gasteiger partial charge in [-0.3, -0.25) is 0 Å². The molecule has 3 N–H and O–H groups in total. The highest BCUT2D eigenvalue weighted by Crippen LogP contribution is 2.28. The Morgan fingerprint density at radius 1 is 1.08 bits per heavy atom. The number of hydrogen-bond acceptors (Lipinski definition) is 5. The van der Waals surface area contributed by atoms with Gasteiger partial charge in [-0.25, -0.2) is 13.1 Å². The lowest BCUT2D eigenvalue weighted by Crippen LogP contribution is -2.26. The van der Waals surface area contributed by atoms with Crippen molar-refractivity contribution in [2.45, 2.75) is 24.7 Å². The van der Waals surface area contributed by atoms with Crippen molar-refractivity contribution in [3.05, 3.63) is 48.0 Å². The molecule has 0 saturated heterocycles. The number of methoxy groups -OCH3 is 1. The van der Waals surface area contributed by atoms with Gasteiger partial charge in [-0.1, -0.05) is 13.0 Å². The molecule has 2 rings (SSSR count). The van der Waals surface area contributed by atoms with Crippen molar-refractivity contribution in [1.82, 2.24) is 4.72 Å². The number of anilines is 1. The number of rotatable bonds is 9. The van der Waals surface area contributed by atoms with Crippen LogP contribution in [0.2, 0.25) is 0 Å². The number of hydrogen-bond donors (Lipinski definition) is 2. The number of ether oxygens (including phenoxy) is 2. The largest absolute Gasteiger partial charge is 0.493 e. The van der Waals surface area contributed by atoms with Gasteiger partial charge in [0.25, 0.3) is 0 Å². The van der Waals surface area contributed by atoms with Crippen molar-refractivity contribution in [3.8, 4) is 11.5 Å². The molecule has 0 aromatic heterocycles. The van der Waals surface area contributed by atoms with E-state index in [9.17, 15) is 8.42 Å². The summed E-state index contributed by atoms with van der Waals surface area (Å²) >= 11 is 0. The molecule has 0 spiro atoms. The Balaban J connectivity index is 2.00. The summed E-state index contributed by atoms with van der Waals surface area (Å²) in [7, 11) is -1.95. The van der Waals surface area contributed by atoms with E-state index in [0.717, 1.165) is 12.0 Å². The Morgan fingerprint density at radius 3 is 2.44 bits per heavy atom. The van der Waals surface area contributed by atoms with Crippen LogP contribution < -0.4 is 19.9 Å². The fourth-order valence-corrected chi connectivity index (χ4v) is 3.29. The first-order valence-electron chi connectivity index (χ1n) is 8.11. The standard InChI is InChI=1S/C18H24N2O4S/c1-3-12-24-18-13-14(4-9-17(18)23-2)10-11-20-25(21,22)16-7-5-15(19)6-8-16/h4-9,13,20H,3,10-12,19H2,1-2H3. The third kappa shape index (κ3) is 5.37. The Labute approximate surface area is 149 Å². The highest BCUT2D eigenvalue weighted by atomic mass is 32.2. The molecule has 0 fully saturated rings. The summed E-state index contributed by atoms with van der Waals surface area (Å²) in [5, 5.41) is 0. The maximum Gasteiger partial charge on any atom is 0.240 e. The first kappa shape index (κ1) is 19.1. The molecule has 136 valence electrons. The number of sulfonamides is 1. The van der Waals surface area contributed by atoms with E-state index in [2.05, 4.69) is 4.72 Å². The normalized spacial score (nSPS) is 11.3. The zero-order chi connectivity index (χ0) is 18.3. The van der Waals surface area contributed by atoms with Gasteiger partial charge >= 0.3 is 0 Å². The van der Waals surface area contributed by atoms with Crippen molar-refractivity contribution in [2.24, 2.45) is 0 Å². The Hall–Kier alpha value is -2.25. The van der Waals surface area contributed by atoms with E-state index in [-0.39, 0.29) is 11.4 Å². The molecule has 25 heavy (non-hydrogen) atoms. The number of nitrogens with one attached hydrogen (secondary N) is 1. The van der Waals surface area contributed by atoms with Gasteiger partial charge in [-0.15, -0.1) is 0 Å². The molecule has 0 heterocycles. The van der Waals surface area contributed by atoms with E-state index in [1.807, 2.05) is 25.1 Å². The zero-order valence-corrected chi connectivity index (χ0v) is 15.3. The van der Waals surface area contributed by atoms with E-state index < -0.39 is 10.0 Å². The molecule has 0 atom stereocenters. The van der Waals surface area contributed by atoms with Crippen molar-refractivity contribution >= 4 is 15.7 Å². The lowest BCUT2D eigenvalue weighted by atomic mass is 10.1. The van der Waals surface area contributed by atoms with E-state index in [1.54, 1.807) is 19.2 Å². The highest BCUT2D eigenvalue weighted by Gasteiger charge is 2.13. The number of benzene rings is 2. The summed E-state index contributed by atoms with van der Waals surface area (Å²) < 4.78 is 38.0. The van der Waals surface area contributed by atoms with E-state index in [1.165, 1.54) is 12.1 Å². The second-order valence-corrected chi connectivity index (χ2v) is 7.32. The van der Waals surface area contributed by atoms with Crippen LogP contribution in [0.5, 0.6) is 11.5 Å². The quantitative estimate of drug-likeness (QED) is 0.668. The highest BCUT2D eigenvalue weighted by molar-refractivity contribution is 7.89. The SMILES string of the molecule is CCCOc1cc(CCNS(=O)(=O)c2ccc(N)cc2)ccc1OC. The fourth-order valence-electron chi connectivity index (χ4n) is 2.26. The van der Waals surface area contributed by atoms with Gasteiger partial charge in [-0.2, -0.15) is 0 Å². The van der Waals surface area contributed by atoms with Crippen LogP contribution in [-0.4, -0.2) is 28.7 Å². The van der Waals surface area contributed by atoms with Gasteiger partial charge in [-0.05, 0) is 54.8 Å². The minimum Gasteiger partial charge on any atom is -0.493 e. The molecular formula is C18H24N2O4S. The predicted octanol–water partition coefficient (Wildman–Crippen LogP) is 2.59. The maximum atomic E-state index is 12.2. The topological polar surface area (TPSA) is 90.7 Å². The molecular weight excluding hydrogens is 340 g/mol. The predicted molar refractivity (Wildman–Crippen MR) is 98.5 cm³/mol. The average Bonchev–Trinajstić information content (AvgIpc) is 2.60. The zero-order valence-electron chi connectivity index (χ0n) is 14.5. The summed E-state index contributed by atoms with van der Waals surface area (Å²) in [4.78, 5) is 0.198. The van der Waals surface area contributed by atoms with Crippen LogP contribution in [0.4, 0.5) is 5.69 Å². The van der Waals surface area contributed by atoms with Gasteiger partial charge in [0, 0.05) is 12.2 Å². The third-order valence-corrected chi connectivity index (χ3v) is 5.06. The van der Waals surface area contributed by atoms with Crippen molar-refractivity contribution in [3.63, 3.8) is 0 Å². The molecule has 7 heteroatoms. The molecule has 2 aromatic rings. The summed E-state index contributed by atoms with van der Waals surface area (Å²) in [6, 6.07) is 11.7. The maximum absolute atomic E-state index is 12.2. The van der Waals surface area contributed by atoms with Crippen LogP contribution in [0.15, 0.2) is 47.4 Å². The van der Waals surface area contributed by atoms with Crippen LogP contribution in [0.25, 0.3) is 0 Å². The fraction of sp³-hybridized carbons (Fsp3) is 0.333. The van der Waals surface area contributed by atoms with Gasteiger partial charge in [0.15, 0.2) is 11.5 Å². The average molecular weight is 364 g/mol. The first-order chi connectivity index (χ1) is 12.0. The Morgan fingerprint density at radius 2 is 1.80 bits per heavy atom. The van der Waals surface area contributed by atoms with Crippen molar-refractivity contribution in [2.75, 3.05) is 26.0 Å². The third-order valence-electron chi connectivity index (χ3n) is 3.59. The minimum absolute atomic E-state index is 0.198. The lowest BCUT2D eigenvalue weighted by Gasteiger charge is -2.12. The molecule has 0 aliphatic carbocycles. The van der Waals surface area contributed by atoms with Gasteiger partial charge in [0.05, 0.1) is 18.6 Å². The first-order valence-corrected chi connectivity index (χ1v) is 9.59. The summed E-state index contributed by atoms with van der Waals surface area (Å²) in [6.45, 7) is 2.91. The van der Waals surface area contributed by atoms with Gasteiger partial charge < -0.3 is 15.2 Å². The van der Waals surface area contributed by atoms with Gasteiger partial charge in [0.2, 0.25) is 10.0 Å². The number of nitrogen functional groups attached to an aromatic ring is 1. The monoisotopic (exact) mass is 364 g/mol. The second kappa shape index (κ2) is 8.73. The van der Waals surface area contributed by atoms with Crippen LogP contribution in [0.1, 0.15) is 18.9 Å².